The molecule has 2 aromatic rings. The fourth-order valence-electron chi connectivity index (χ4n) is 4.30. The van der Waals surface area contributed by atoms with Gasteiger partial charge in [-0.2, -0.15) is 0 Å². The fourth-order valence-corrected chi connectivity index (χ4v) is 4.51. The zero-order valence-corrected chi connectivity index (χ0v) is 22.8. The molecule has 2 aliphatic rings. The lowest BCUT2D eigenvalue weighted by Crippen LogP contribution is -2.48. The highest BCUT2D eigenvalue weighted by Crippen LogP contribution is 2.29. The van der Waals surface area contributed by atoms with Gasteiger partial charge in [-0.25, -0.2) is 9.18 Å². The van der Waals surface area contributed by atoms with Crippen molar-refractivity contribution in [3.63, 3.8) is 0 Å². The minimum Gasteiger partial charge on any atom is -0.347 e. The van der Waals surface area contributed by atoms with E-state index in [0.717, 1.165) is 18.4 Å². The third-order valence-electron chi connectivity index (χ3n) is 6.55. The predicted octanol–water partition coefficient (Wildman–Crippen LogP) is 4.50. The standard InChI is InChI=1S/C28H35ClFN5O3/c1-28(2,3)33-25(36)20-6-4-5-19(15-20)17-34-11-13-35(14-12-34)26(37)21-9-10-22(23(29)24(21)30)32-27(38)31-16-18-7-8-18/h4-6,9-10,15,18H,7-8,11-14,16-17H2,1-3H3,(H,33,36)(H2,31,32,38). The van der Waals surface area contributed by atoms with Crippen molar-refractivity contribution in [3.05, 3.63) is 63.9 Å². The highest BCUT2D eigenvalue weighted by Gasteiger charge is 2.27. The normalized spacial score (nSPS) is 16.2. The van der Waals surface area contributed by atoms with Crippen LogP contribution in [0.5, 0.6) is 0 Å². The van der Waals surface area contributed by atoms with E-state index in [1.807, 2.05) is 39.0 Å². The lowest BCUT2D eigenvalue weighted by atomic mass is 10.1. The van der Waals surface area contributed by atoms with Gasteiger partial charge in [0.1, 0.15) is 5.02 Å². The average Bonchev–Trinajstić information content (AvgIpc) is 3.70. The molecule has 0 spiro atoms. The Balaban J connectivity index is 1.31. The Hall–Kier alpha value is -3.17. The number of anilines is 1. The van der Waals surface area contributed by atoms with Crippen LogP contribution < -0.4 is 16.0 Å². The molecule has 3 N–H and O–H groups in total. The molecule has 204 valence electrons. The van der Waals surface area contributed by atoms with Crippen molar-refractivity contribution in [2.45, 2.75) is 45.7 Å². The van der Waals surface area contributed by atoms with Gasteiger partial charge >= 0.3 is 6.03 Å². The number of piperazine rings is 1. The van der Waals surface area contributed by atoms with Crippen LogP contribution in [0.4, 0.5) is 14.9 Å². The summed E-state index contributed by atoms with van der Waals surface area (Å²) < 4.78 is 15.0. The first-order valence-electron chi connectivity index (χ1n) is 13.0. The molecule has 1 saturated heterocycles. The second-order valence-electron chi connectivity index (χ2n) is 11.0. The highest BCUT2D eigenvalue weighted by atomic mass is 35.5. The third-order valence-corrected chi connectivity index (χ3v) is 6.92. The van der Waals surface area contributed by atoms with Crippen molar-refractivity contribution in [3.8, 4) is 0 Å². The summed E-state index contributed by atoms with van der Waals surface area (Å²) in [7, 11) is 0. The fraction of sp³-hybridized carbons (Fsp3) is 0.464. The van der Waals surface area contributed by atoms with Gasteiger partial charge < -0.3 is 20.9 Å². The van der Waals surface area contributed by atoms with Crippen molar-refractivity contribution in [2.75, 3.05) is 38.0 Å². The Morgan fingerprint density at radius 1 is 1.05 bits per heavy atom. The molecule has 4 amide bonds. The summed E-state index contributed by atoms with van der Waals surface area (Å²) in [6, 6.07) is 9.89. The summed E-state index contributed by atoms with van der Waals surface area (Å²) >= 11 is 6.16. The smallest absolute Gasteiger partial charge is 0.319 e. The molecule has 10 heteroatoms. The molecule has 1 saturated carbocycles. The number of urea groups is 1. The molecule has 0 bridgehead atoms. The molecule has 0 radical (unpaired) electrons. The number of carbonyl (C=O) groups is 3. The molecule has 1 aliphatic carbocycles. The number of hydrogen-bond donors (Lipinski definition) is 3. The lowest BCUT2D eigenvalue weighted by molar-refractivity contribution is 0.0623. The van der Waals surface area contributed by atoms with Crippen LogP contribution in [0, 0.1) is 11.7 Å². The van der Waals surface area contributed by atoms with Crippen LogP contribution in [-0.4, -0.2) is 65.9 Å². The van der Waals surface area contributed by atoms with Crippen LogP contribution in [0.25, 0.3) is 0 Å². The molecule has 1 heterocycles. The lowest BCUT2D eigenvalue weighted by Gasteiger charge is -2.35. The predicted molar refractivity (Wildman–Crippen MR) is 146 cm³/mol. The van der Waals surface area contributed by atoms with Crippen molar-refractivity contribution in [1.29, 1.82) is 0 Å². The monoisotopic (exact) mass is 543 g/mol. The van der Waals surface area contributed by atoms with Gasteiger partial charge in [-0.05, 0) is 69.4 Å². The number of nitrogens with one attached hydrogen (secondary N) is 3. The van der Waals surface area contributed by atoms with E-state index in [9.17, 15) is 14.4 Å². The van der Waals surface area contributed by atoms with Crippen molar-refractivity contribution in [1.82, 2.24) is 20.4 Å². The number of nitrogens with zero attached hydrogens (tertiary/aromatic N) is 2. The van der Waals surface area contributed by atoms with Crippen molar-refractivity contribution < 1.29 is 18.8 Å². The Morgan fingerprint density at radius 2 is 1.76 bits per heavy atom. The molecular weight excluding hydrogens is 509 g/mol. The van der Waals surface area contributed by atoms with Gasteiger partial charge in [0.2, 0.25) is 0 Å². The van der Waals surface area contributed by atoms with Crippen molar-refractivity contribution >= 4 is 35.1 Å². The first-order valence-corrected chi connectivity index (χ1v) is 13.3. The minimum atomic E-state index is -0.843. The van der Waals surface area contributed by atoms with E-state index in [1.54, 1.807) is 11.0 Å². The Kier molecular flexibility index (Phi) is 8.57. The van der Waals surface area contributed by atoms with Gasteiger partial charge in [0.05, 0.1) is 11.3 Å². The zero-order chi connectivity index (χ0) is 27.4. The third kappa shape index (κ3) is 7.45. The summed E-state index contributed by atoms with van der Waals surface area (Å²) in [5.41, 5.74) is 1.30. The topological polar surface area (TPSA) is 93.8 Å². The number of halogens is 2. The van der Waals surface area contributed by atoms with E-state index >= 15 is 4.39 Å². The first kappa shape index (κ1) is 27.9. The molecule has 0 unspecified atom stereocenters. The van der Waals surface area contributed by atoms with Crippen LogP contribution in [-0.2, 0) is 6.54 Å². The maximum atomic E-state index is 15.0. The molecule has 2 aromatic carbocycles. The van der Waals surface area contributed by atoms with E-state index in [1.165, 1.54) is 12.1 Å². The molecule has 38 heavy (non-hydrogen) atoms. The summed E-state index contributed by atoms with van der Waals surface area (Å²) in [5.74, 6) is -0.881. The molecule has 4 rings (SSSR count). The molecule has 2 fully saturated rings. The SMILES string of the molecule is CC(C)(C)NC(=O)c1cccc(CN2CCN(C(=O)c3ccc(NC(=O)NCC4CC4)c(Cl)c3F)CC2)c1. The number of rotatable bonds is 7. The van der Waals surface area contributed by atoms with E-state index in [4.69, 9.17) is 11.6 Å². The Labute approximate surface area is 227 Å². The Morgan fingerprint density at radius 3 is 2.42 bits per heavy atom. The largest absolute Gasteiger partial charge is 0.347 e. The van der Waals surface area contributed by atoms with Gasteiger partial charge in [0.25, 0.3) is 11.8 Å². The molecular formula is C28H35ClFN5O3. The molecule has 0 atom stereocenters. The maximum Gasteiger partial charge on any atom is 0.319 e. The van der Waals surface area contributed by atoms with Gasteiger partial charge in [-0.15, -0.1) is 0 Å². The number of hydrogen-bond acceptors (Lipinski definition) is 4. The van der Waals surface area contributed by atoms with Crippen molar-refractivity contribution in [2.24, 2.45) is 5.92 Å². The molecule has 1 aliphatic heterocycles. The molecule has 0 aromatic heterocycles. The van der Waals surface area contributed by atoms with Crippen LogP contribution in [0.3, 0.4) is 0 Å². The quantitative estimate of drug-likeness (QED) is 0.479. The van der Waals surface area contributed by atoms with Crippen LogP contribution in [0.2, 0.25) is 5.02 Å². The van der Waals surface area contributed by atoms with E-state index < -0.39 is 17.8 Å². The minimum absolute atomic E-state index is 0.115. The van der Waals surface area contributed by atoms with E-state index in [-0.39, 0.29) is 27.7 Å². The second kappa shape index (κ2) is 11.7. The van der Waals surface area contributed by atoms with E-state index in [0.29, 0.717) is 50.7 Å². The summed E-state index contributed by atoms with van der Waals surface area (Å²) in [6.07, 6.45) is 2.20. The van der Waals surface area contributed by atoms with E-state index in [2.05, 4.69) is 20.9 Å². The summed E-state index contributed by atoms with van der Waals surface area (Å²) in [6.45, 7) is 9.13. The van der Waals surface area contributed by atoms with Crippen LogP contribution in [0.1, 0.15) is 59.9 Å². The summed E-state index contributed by atoms with van der Waals surface area (Å²) in [5, 5.41) is 7.98. The number of amides is 4. The highest BCUT2D eigenvalue weighted by molar-refractivity contribution is 6.34. The maximum absolute atomic E-state index is 15.0. The van der Waals surface area contributed by atoms with Crippen LogP contribution >= 0.6 is 11.6 Å². The van der Waals surface area contributed by atoms with Gasteiger partial charge in [-0.3, -0.25) is 14.5 Å². The number of benzene rings is 2. The zero-order valence-electron chi connectivity index (χ0n) is 22.1. The van der Waals surface area contributed by atoms with Crippen LogP contribution in [0.15, 0.2) is 36.4 Å². The average molecular weight is 544 g/mol. The summed E-state index contributed by atoms with van der Waals surface area (Å²) in [4.78, 5) is 41.4. The van der Waals surface area contributed by atoms with Gasteiger partial charge in [-0.1, -0.05) is 23.7 Å². The first-order chi connectivity index (χ1) is 18.0. The van der Waals surface area contributed by atoms with Gasteiger partial charge in [0.15, 0.2) is 5.82 Å². The second-order valence-corrected chi connectivity index (χ2v) is 11.4. The van der Waals surface area contributed by atoms with Gasteiger partial charge in [0, 0.05) is 50.4 Å². The number of carbonyl (C=O) groups excluding carboxylic acids is 3. The molecule has 8 nitrogen and oxygen atoms in total. The Bertz CT molecular complexity index is 1200.